The summed E-state index contributed by atoms with van der Waals surface area (Å²) < 4.78 is 23.4. The number of carbonyl (C=O) groups is 1. The van der Waals surface area contributed by atoms with Crippen molar-refractivity contribution >= 4 is 5.91 Å². The molecule has 0 aliphatic rings. The quantitative estimate of drug-likeness (QED) is 0.713. The molecule has 24 heavy (non-hydrogen) atoms. The highest BCUT2D eigenvalue weighted by Crippen LogP contribution is 2.16. The first-order valence-corrected chi connectivity index (χ1v) is 8.01. The van der Waals surface area contributed by atoms with Crippen LogP contribution in [0, 0.1) is 5.82 Å². The molecule has 1 heterocycles. The topological polar surface area (TPSA) is 77.2 Å². The van der Waals surface area contributed by atoms with Crippen molar-refractivity contribution in [3.8, 4) is 11.4 Å². The third kappa shape index (κ3) is 6.08. The highest BCUT2D eigenvalue weighted by atomic mass is 19.1. The Kier molecular flexibility index (Phi) is 6.87. The molecule has 0 atom stereocenters. The minimum atomic E-state index is -0.321. The first-order chi connectivity index (χ1) is 11.5. The minimum absolute atomic E-state index is 0.0684. The van der Waals surface area contributed by atoms with Gasteiger partial charge in [0.15, 0.2) is 0 Å². The molecule has 0 unspecified atom stereocenters. The Morgan fingerprint density at radius 1 is 1.33 bits per heavy atom. The first-order valence-electron chi connectivity index (χ1n) is 8.01. The molecule has 7 heteroatoms. The number of rotatable bonds is 9. The highest BCUT2D eigenvalue weighted by Gasteiger charge is 2.10. The van der Waals surface area contributed by atoms with Crippen LogP contribution in [0.5, 0.6) is 0 Å². The molecule has 2 aromatic rings. The van der Waals surface area contributed by atoms with Crippen LogP contribution in [0.3, 0.4) is 0 Å². The molecule has 0 radical (unpaired) electrons. The second-order valence-corrected chi connectivity index (χ2v) is 5.64. The summed E-state index contributed by atoms with van der Waals surface area (Å²) in [5.41, 5.74) is 0.668. The molecule has 0 spiro atoms. The smallest absolute Gasteiger partial charge is 0.227 e. The Morgan fingerprint density at radius 3 is 2.79 bits per heavy atom. The van der Waals surface area contributed by atoms with Crippen molar-refractivity contribution < 1.29 is 18.4 Å². The van der Waals surface area contributed by atoms with Crippen LogP contribution in [-0.4, -0.2) is 35.3 Å². The van der Waals surface area contributed by atoms with Gasteiger partial charge >= 0.3 is 0 Å². The molecule has 0 aliphatic heterocycles. The maximum absolute atomic E-state index is 12.9. The first kappa shape index (κ1) is 18.1. The number of carbonyl (C=O) groups excluding carboxylic acids is 1. The number of hydrogen-bond donors (Lipinski definition) is 1. The summed E-state index contributed by atoms with van der Waals surface area (Å²) in [6.07, 6.45) is 1.62. The summed E-state index contributed by atoms with van der Waals surface area (Å²) in [4.78, 5) is 16.0. The van der Waals surface area contributed by atoms with Crippen LogP contribution in [0.4, 0.5) is 4.39 Å². The van der Waals surface area contributed by atoms with Gasteiger partial charge in [-0.3, -0.25) is 4.79 Å². The van der Waals surface area contributed by atoms with Gasteiger partial charge in [0.05, 0.1) is 6.10 Å². The Labute approximate surface area is 140 Å². The zero-order valence-electron chi connectivity index (χ0n) is 13.9. The number of nitrogens with zero attached hydrogens (tertiary/aromatic N) is 2. The lowest BCUT2D eigenvalue weighted by molar-refractivity contribution is -0.121. The van der Waals surface area contributed by atoms with Gasteiger partial charge in [-0.15, -0.1) is 0 Å². The number of amides is 1. The number of nitrogens with one attached hydrogen (secondary N) is 1. The lowest BCUT2D eigenvalue weighted by Crippen LogP contribution is -2.25. The fraction of sp³-hybridized carbons (Fsp3) is 0.471. The van der Waals surface area contributed by atoms with E-state index < -0.39 is 0 Å². The van der Waals surface area contributed by atoms with E-state index in [1.807, 2.05) is 13.8 Å². The molecule has 0 fully saturated rings. The third-order valence-corrected chi connectivity index (χ3v) is 3.23. The van der Waals surface area contributed by atoms with E-state index >= 15 is 0 Å². The van der Waals surface area contributed by atoms with Gasteiger partial charge in [-0.05, 0) is 44.5 Å². The van der Waals surface area contributed by atoms with Crippen LogP contribution >= 0.6 is 0 Å². The van der Waals surface area contributed by atoms with E-state index in [9.17, 15) is 9.18 Å². The van der Waals surface area contributed by atoms with Gasteiger partial charge in [0.2, 0.25) is 17.6 Å². The number of aromatic nitrogens is 2. The van der Waals surface area contributed by atoms with E-state index in [1.165, 1.54) is 12.1 Å². The fourth-order valence-electron chi connectivity index (χ4n) is 2.00. The van der Waals surface area contributed by atoms with Gasteiger partial charge in [-0.2, -0.15) is 4.98 Å². The van der Waals surface area contributed by atoms with Crippen LogP contribution in [0.2, 0.25) is 0 Å². The predicted molar refractivity (Wildman–Crippen MR) is 86.7 cm³/mol. The molecule has 0 saturated carbocycles. The number of hydrogen-bond acceptors (Lipinski definition) is 5. The van der Waals surface area contributed by atoms with E-state index in [4.69, 9.17) is 9.26 Å². The van der Waals surface area contributed by atoms with Crippen molar-refractivity contribution in [2.45, 2.75) is 39.2 Å². The largest absolute Gasteiger partial charge is 0.379 e. The molecular formula is C17H22FN3O3. The maximum atomic E-state index is 12.9. The van der Waals surface area contributed by atoms with Gasteiger partial charge in [0.1, 0.15) is 5.82 Å². The highest BCUT2D eigenvalue weighted by molar-refractivity contribution is 5.75. The Morgan fingerprint density at radius 2 is 2.08 bits per heavy atom. The van der Waals surface area contributed by atoms with E-state index in [2.05, 4.69) is 15.5 Å². The summed E-state index contributed by atoms with van der Waals surface area (Å²) in [7, 11) is 0. The lowest BCUT2D eigenvalue weighted by Gasteiger charge is -2.07. The molecule has 1 aromatic carbocycles. The summed E-state index contributed by atoms with van der Waals surface area (Å²) in [5, 5.41) is 6.66. The average Bonchev–Trinajstić information content (AvgIpc) is 3.02. The number of benzene rings is 1. The molecule has 1 aromatic heterocycles. The van der Waals surface area contributed by atoms with Crippen LogP contribution in [-0.2, 0) is 16.0 Å². The van der Waals surface area contributed by atoms with Gasteiger partial charge in [-0.25, -0.2) is 4.39 Å². The Hall–Kier alpha value is -2.28. The number of aryl methyl sites for hydroxylation is 1. The number of halogens is 1. The molecule has 1 N–H and O–H groups in total. The summed E-state index contributed by atoms with van der Waals surface area (Å²) >= 11 is 0. The van der Waals surface area contributed by atoms with E-state index in [-0.39, 0.29) is 24.2 Å². The van der Waals surface area contributed by atoms with Gasteiger partial charge < -0.3 is 14.6 Å². The van der Waals surface area contributed by atoms with Crippen LogP contribution in [0.25, 0.3) is 11.4 Å². The summed E-state index contributed by atoms with van der Waals surface area (Å²) in [6, 6.07) is 5.83. The van der Waals surface area contributed by atoms with Crippen LogP contribution in [0.1, 0.15) is 32.6 Å². The zero-order valence-corrected chi connectivity index (χ0v) is 13.9. The van der Waals surface area contributed by atoms with E-state index in [1.54, 1.807) is 12.1 Å². The second-order valence-electron chi connectivity index (χ2n) is 5.64. The number of ether oxygens (including phenoxy) is 1. The summed E-state index contributed by atoms with van der Waals surface area (Å²) in [5.74, 6) is 0.378. The van der Waals surface area contributed by atoms with Crippen molar-refractivity contribution in [2.75, 3.05) is 13.2 Å². The standard InChI is InChI=1S/C17H22FN3O3/c1-12(2)23-11-3-10-19-15(22)8-9-16-20-17(21-24-16)13-4-6-14(18)7-5-13/h4-7,12H,3,8-11H2,1-2H3,(H,19,22). The Bertz CT molecular complexity index is 641. The SMILES string of the molecule is CC(C)OCCCNC(=O)CCc1nc(-c2ccc(F)cc2)no1. The monoisotopic (exact) mass is 335 g/mol. The maximum Gasteiger partial charge on any atom is 0.227 e. The van der Waals surface area contributed by atoms with Crippen molar-refractivity contribution in [3.63, 3.8) is 0 Å². The van der Waals surface area contributed by atoms with Gasteiger partial charge in [0.25, 0.3) is 0 Å². The van der Waals surface area contributed by atoms with Gasteiger partial charge in [0, 0.05) is 31.6 Å². The van der Waals surface area contributed by atoms with Gasteiger partial charge in [-0.1, -0.05) is 5.16 Å². The van der Waals surface area contributed by atoms with Crippen molar-refractivity contribution in [1.82, 2.24) is 15.5 Å². The van der Waals surface area contributed by atoms with Crippen molar-refractivity contribution in [1.29, 1.82) is 0 Å². The lowest BCUT2D eigenvalue weighted by atomic mass is 10.2. The molecular weight excluding hydrogens is 313 g/mol. The summed E-state index contributed by atoms with van der Waals surface area (Å²) in [6.45, 7) is 5.16. The fourth-order valence-corrected chi connectivity index (χ4v) is 2.00. The second kappa shape index (κ2) is 9.12. The van der Waals surface area contributed by atoms with E-state index in [0.717, 1.165) is 6.42 Å². The van der Waals surface area contributed by atoms with Crippen molar-refractivity contribution in [3.05, 3.63) is 36.0 Å². The zero-order chi connectivity index (χ0) is 17.4. The third-order valence-electron chi connectivity index (χ3n) is 3.23. The molecule has 6 nitrogen and oxygen atoms in total. The Balaban J connectivity index is 1.71. The molecule has 2 rings (SSSR count). The molecule has 0 bridgehead atoms. The molecule has 130 valence electrons. The molecule has 1 amide bonds. The van der Waals surface area contributed by atoms with Crippen LogP contribution in [0.15, 0.2) is 28.8 Å². The normalized spacial score (nSPS) is 11.0. The van der Waals surface area contributed by atoms with Crippen molar-refractivity contribution in [2.24, 2.45) is 0 Å². The van der Waals surface area contributed by atoms with E-state index in [0.29, 0.717) is 36.9 Å². The van der Waals surface area contributed by atoms with Crippen LogP contribution < -0.4 is 5.32 Å². The molecule has 0 aliphatic carbocycles. The molecule has 0 saturated heterocycles. The average molecular weight is 335 g/mol. The minimum Gasteiger partial charge on any atom is -0.379 e. The predicted octanol–water partition coefficient (Wildman–Crippen LogP) is 2.74.